The first-order chi connectivity index (χ1) is 8.27. The molecule has 0 unspecified atom stereocenters. The van der Waals surface area contributed by atoms with Crippen molar-refractivity contribution >= 4 is 50.5 Å². The molecule has 17 heavy (non-hydrogen) atoms. The summed E-state index contributed by atoms with van der Waals surface area (Å²) in [6.45, 7) is 2.11. The lowest BCUT2D eigenvalue weighted by Crippen LogP contribution is -2.02. The average Bonchev–Trinajstić information content (AvgIpc) is 2.70. The fourth-order valence-electron chi connectivity index (χ4n) is 1.52. The van der Waals surface area contributed by atoms with E-state index in [2.05, 4.69) is 22.4 Å². The van der Waals surface area contributed by atoms with Gasteiger partial charge in [0, 0.05) is 10.1 Å². The third kappa shape index (κ3) is 2.26. The monoisotopic (exact) mass is 263 g/mol. The number of thiophene rings is 1. The lowest BCUT2D eigenvalue weighted by atomic mass is 10.2. The van der Waals surface area contributed by atoms with Gasteiger partial charge in [0.25, 0.3) is 0 Å². The number of thiocarbonyl (C=S) groups is 1. The molecule has 0 spiro atoms. The van der Waals surface area contributed by atoms with Crippen LogP contribution in [0.3, 0.4) is 0 Å². The van der Waals surface area contributed by atoms with Crippen LogP contribution in [0.5, 0.6) is 0 Å². The largest absolute Gasteiger partial charge is 0.462 e. The van der Waals surface area contributed by atoms with E-state index in [9.17, 15) is 4.79 Å². The first-order valence-electron chi connectivity index (χ1n) is 5.04. The molecule has 0 aliphatic carbocycles. The highest BCUT2D eigenvalue weighted by molar-refractivity contribution is 7.78. The predicted molar refractivity (Wildman–Crippen MR) is 72.5 cm³/mol. The van der Waals surface area contributed by atoms with Crippen LogP contribution in [0, 0.1) is 0 Å². The van der Waals surface area contributed by atoms with Crippen molar-refractivity contribution in [2.45, 2.75) is 6.92 Å². The van der Waals surface area contributed by atoms with Crippen LogP contribution >= 0.6 is 23.6 Å². The molecule has 1 aromatic heterocycles. The number of rotatable bonds is 3. The number of benzene rings is 1. The van der Waals surface area contributed by atoms with E-state index in [1.807, 2.05) is 24.3 Å². The van der Waals surface area contributed by atoms with Gasteiger partial charge in [0.1, 0.15) is 10.6 Å². The van der Waals surface area contributed by atoms with E-state index in [1.54, 1.807) is 6.92 Å². The van der Waals surface area contributed by atoms with Crippen molar-refractivity contribution in [1.29, 1.82) is 0 Å². The standard InChI is InChI=1S/C12H9NO2S2/c1-2-15-12(14)11-10(13-7-16)8-5-3-4-6-9(8)17-11/h3-6H,2H2,1H3. The Morgan fingerprint density at radius 1 is 1.53 bits per heavy atom. The van der Waals surface area contributed by atoms with Crippen LogP contribution in [-0.2, 0) is 4.74 Å². The molecule has 3 nitrogen and oxygen atoms in total. The molecule has 0 radical (unpaired) electrons. The molecule has 0 bridgehead atoms. The van der Waals surface area contributed by atoms with Crippen molar-refractivity contribution in [3.05, 3.63) is 29.1 Å². The van der Waals surface area contributed by atoms with Gasteiger partial charge < -0.3 is 4.74 Å². The van der Waals surface area contributed by atoms with Crippen molar-refractivity contribution in [3.8, 4) is 0 Å². The summed E-state index contributed by atoms with van der Waals surface area (Å²) in [6, 6.07) is 7.65. The van der Waals surface area contributed by atoms with Crippen molar-refractivity contribution in [3.63, 3.8) is 0 Å². The number of isothiocyanates is 1. The number of hydrogen-bond donors (Lipinski definition) is 0. The van der Waals surface area contributed by atoms with Gasteiger partial charge in [-0.2, -0.15) is 4.99 Å². The van der Waals surface area contributed by atoms with E-state index in [-0.39, 0.29) is 5.97 Å². The summed E-state index contributed by atoms with van der Waals surface area (Å²) in [4.78, 5) is 16.2. The third-order valence-electron chi connectivity index (χ3n) is 2.19. The van der Waals surface area contributed by atoms with Crippen LogP contribution in [-0.4, -0.2) is 17.7 Å². The number of aliphatic imine (C=N–C) groups is 1. The van der Waals surface area contributed by atoms with Crippen molar-refractivity contribution in [2.24, 2.45) is 4.99 Å². The van der Waals surface area contributed by atoms with Gasteiger partial charge in [-0.1, -0.05) is 18.2 Å². The van der Waals surface area contributed by atoms with Gasteiger partial charge in [0.05, 0.1) is 11.8 Å². The van der Waals surface area contributed by atoms with Crippen molar-refractivity contribution in [2.75, 3.05) is 6.61 Å². The van der Waals surface area contributed by atoms with Gasteiger partial charge in [-0.15, -0.1) is 11.3 Å². The number of carbonyl (C=O) groups excluding carboxylic acids is 1. The Labute approximate surface area is 108 Å². The highest BCUT2D eigenvalue weighted by Gasteiger charge is 2.18. The zero-order chi connectivity index (χ0) is 12.3. The van der Waals surface area contributed by atoms with Crippen molar-refractivity contribution in [1.82, 2.24) is 0 Å². The molecule has 86 valence electrons. The Balaban J connectivity index is 2.65. The second-order valence-electron chi connectivity index (χ2n) is 3.20. The highest BCUT2D eigenvalue weighted by atomic mass is 32.1. The minimum absolute atomic E-state index is 0.341. The van der Waals surface area contributed by atoms with E-state index in [0.29, 0.717) is 17.2 Å². The van der Waals surface area contributed by atoms with Crippen LogP contribution < -0.4 is 0 Å². The number of ether oxygens (including phenoxy) is 1. The molecule has 2 aromatic rings. The summed E-state index contributed by atoms with van der Waals surface area (Å²) in [6.07, 6.45) is 0. The van der Waals surface area contributed by atoms with Gasteiger partial charge in [-0.05, 0) is 25.2 Å². The fraction of sp³-hybridized carbons (Fsp3) is 0.167. The first-order valence-corrected chi connectivity index (χ1v) is 6.27. The SMILES string of the molecule is CCOC(=O)c1sc2ccccc2c1N=C=S. The second kappa shape index (κ2) is 5.19. The fourth-order valence-corrected chi connectivity index (χ4v) is 2.65. The molecule has 5 heteroatoms. The summed E-state index contributed by atoms with van der Waals surface area (Å²) < 4.78 is 5.98. The normalized spacial score (nSPS) is 9.94. The summed E-state index contributed by atoms with van der Waals surface area (Å²) >= 11 is 5.97. The number of nitrogens with zero attached hydrogens (tertiary/aromatic N) is 1. The predicted octanol–water partition coefficient (Wildman–Crippen LogP) is 3.81. The average molecular weight is 263 g/mol. The Hall–Kier alpha value is -1.55. The van der Waals surface area contributed by atoms with E-state index < -0.39 is 0 Å². The van der Waals surface area contributed by atoms with E-state index in [0.717, 1.165) is 10.1 Å². The molecule has 0 aliphatic rings. The van der Waals surface area contributed by atoms with Gasteiger partial charge in [0.2, 0.25) is 0 Å². The number of hydrogen-bond acceptors (Lipinski definition) is 5. The Kier molecular flexibility index (Phi) is 3.64. The Bertz CT molecular complexity index is 612. The van der Waals surface area contributed by atoms with Crippen LogP contribution in [0.25, 0.3) is 10.1 Å². The summed E-state index contributed by atoms with van der Waals surface area (Å²) in [5.41, 5.74) is 0.555. The maximum atomic E-state index is 11.8. The highest BCUT2D eigenvalue weighted by Crippen LogP contribution is 2.37. The molecular weight excluding hydrogens is 254 g/mol. The van der Waals surface area contributed by atoms with Crippen LogP contribution in [0.4, 0.5) is 5.69 Å². The molecule has 0 atom stereocenters. The maximum absolute atomic E-state index is 11.8. The summed E-state index contributed by atoms with van der Waals surface area (Å²) in [5.74, 6) is -0.363. The van der Waals surface area contributed by atoms with Gasteiger partial charge in [0.15, 0.2) is 0 Å². The smallest absolute Gasteiger partial charge is 0.350 e. The molecule has 0 fully saturated rings. The summed E-state index contributed by atoms with van der Waals surface area (Å²) in [7, 11) is 0. The topological polar surface area (TPSA) is 38.7 Å². The van der Waals surface area contributed by atoms with E-state index >= 15 is 0 Å². The van der Waals surface area contributed by atoms with Gasteiger partial charge >= 0.3 is 5.97 Å². The molecule has 2 rings (SSSR count). The molecule has 1 aromatic carbocycles. The van der Waals surface area contributed by atoms with Gasteiger partial charge in [-0.3, -0.25) is 0 Å². The van der Waals surface area contributed by atoms with Gasteiger partial charge in [-0.25, -0.2) is 4.79 Å². The lowest BCUT2D eigenvalue weighted by molar-refractivity contribution is 0.0533. The maximum Gasteiger partial charge on any atom is 0.350 e. The van der Waals surface area contributed by atoms with E-state index in [1.165, 1.54) is 11.3 Å². The minimum atomic E-state index is -0.363. The molecule has 1 heterocycles. The Morgan fingerprint density at radius 2 is 2.29 bits per heavy atom. The summed E-state index contributed by atoms with van der Waals surface area (Å²) in [5, 5.41) is 3.21. The zero-order valence-electron chi connectivity index (χ0n) is 9.10. The molecule has 0 aliphatic heterocycles. The van der Waals surface area contributed by atoms with Crippen LogP contribution in [0.2, 0.25) is 0 Å². The second-order valence-corrected chi connectivity index (χ2v) is 4.43. The molecule has 0 amide bonds. The quantitative estimate of drug-likeness (QED) is 0.480. The molecule has 0 N–H and O–H groups in total. The molecule has 0 saturated carbocycles. The lowest BCUT2D eigenvalue weighted by Gasteiger charge is -1.98. The Morgan fingerprint density at radius 3 is 3.00 bits per heavy atom. The number of esters is 1. The zero-order valence-corrected chi connectivity index (χ0v) is 10.7. The number of carbonyl (C=O) groups is 1. The third-order valence-corrected chi connectivity index (χ3v) is 3.42. The van der Waals surface area contributed by atoms with Crippen LogP contribution in [0.1, 0.15) is 16.6 Å². The minimum Gasteiger partial charge on any atom is -0.462 e. The van der Waals surface area contributed by atoms with E-state index in [4.69, 9.17) is 4.74 Å². The number of fused-ring (bicyclic) bond motifs is 1. The van der Waals surface area contributed by atoms with Crippen LogP contribution in [0.15, 0.2) is 29.3 Å². The molecule has 0 saturated heterocycles. The molecular formula is C12H9NO2S2. The first kappa shape index (κ1) is 11.9. The van der Waals surface area contributed by atoms with Crippen molar-refractivity contribution < 1.29 is 9.53 Å².